The molecule has 0 saturated carbocycles. The number of likely N-dealkylation sites (tertiary alicyclic amines) is 1. The Morgan fingerprint density at radius 1 is 1.29 bits per heavy atom. The quantitative estimate of drug-likeness (QED) is 0.862. The van der Waals surface area contributed by atoms with Gasteiger partial charge in [-0.2, -0.15) is 11.3 Å². The van der Waals surface area contributed by atoms with Crippen LogP contribution in [0, 0.1) is 0 Å². The molecule has 2 amide bonds. The van der Waals surface area contributed by atoms with Gasteiger partial charge < -0.3 is 9.64 Å². The second kappa shape index (κ2) is 6.28. The number of thiophene rings is 1. The van der Waals surface area contributed by atoms with Gasteiger partial charge in [-0.25, -0.2) is 0 Å². The summed E-state index contributed by atoms with van der Waals surface area (Å²) < 4.78 is 5.44. The summed E-state index contributed by atoms with van der Waals surface area (Å²) in [5.74, 6) is 0.475. The van der Waals surface area contributed by atoms with Gasteiger partial charge >= 0.3 is 0 Å². The first-order chi connectivity index (χ1) is 11.7. The number of carbonyl (C=O) groups is 2. The van der Waals surface area contributed by atoms with Gasteiger partial charge in [0.15, 0.2) is 6.61 Å². The van der Waals surface area contributed by atoms with Gasteiger partial charge in [0.25, 0.3) is 5.91 Å². The zero-order chi connectivity index (χ0) is 16.5. The Hall–Kier alpha value is -2.34. The summed E-state index contributed by atoms with van der Waals surface area (Å²) >= 11 is 1.65. The van der Waals surface area contributed by atoms with E-state index in [0.717, 1.165) is 19.4 Å². The average Bonchev–Trinajstić information content (AvgIpc) is 3.28. The summed E-state index contributed by atoms with van der Waals surface area (Å²) in [4.78, 5) is 28.6. The Labute approximate surface area is 144 Å². The second-order valence-corrected chi connectivity index (χ2v) is 6.82. The number of anilines is 1. The van der Waals surface area contributed by atoms with Gasteiger partial charge in [-0.1, -0.05) is 12.1 Å². The summed E-state index contributed by atoms with van der Waals surface area (Å²) in [6.07, 6.45) is 1.98. The van der Waals surface area contributed by atoms with E-state index in [-0.39, 0.29) is 31.0 Å². The van der Waals surface area contributed by atoms with E-state index in [4.69, 9.17) is 4.74 Å². The molecule has 6 heteroatoms. The maximum Gasteiger partial charge on any atom is 0.265 e. The average molecular weight is 342 g/mol. The fraction of sp³-hybridized carbons (Fsp3) is 0.333. The number of benzene rings is 1. The highest BCUT2D eigenvalue weighted by atomic mass is 32.1. The molecule has 0 radical (unpaired) electrons. The van der Waals surface area contributed by atoms with E-state index < -0.39 is 0 Å². The SMILES string of the molecule is O=C1COc2ccccc2N1CC(=O)N1CCC[C@H]1c1ccsc1. The summed E-state index contributed by atoms with van der Waals surface area (Å²) in [6, 6.07) is 9.57. The molecule has 3 heterocycles. The Morgan fingerprint density at radius 2 is 2.17 bits per heavy atom. The third kappa shape index (κ3) is 2.67. The van der Waals surface area contributed by atoms with Crippen LogP contribution in [-0.4, -0.2) is 36.4 Å². The second-order valence-electron chi connectivity index (χ2n) is 6.04. The molecule has 1 aromatic carbocycles. The number of amides is 2. The van der Waals surface area contributed by atoms with E-state index in [1.807, 2.05) is 34.5 Å². The largest absolute Gasteiger partial charge is 0.482 e. The van der Waals surface area contributed by atoms with Crippen molar-refractivity contribution in [3.05, 3.63) is 46.7 Å². The van der Waals surface area contributed by atoms with Crippen molar-refractivity contribution in [3.63, 3.8) is 0 Å². The zero-order valence-electron chi connectivity index (χ0n) is 13.2. The molecule has 0 spiro atoms. The maximum atomic E-state index is 12.9. The lowest BCUT2D eigenvalue weighted by Crippen LogP contribution is -2.46. The standard InChI is InChI=1S/C18H18N2O3S/c21-17(19-8-3-5-14(19)13-7-9-24-12-13)10-20-15-4-1-2-6-16(15)23-11-18(20)22/h1-2,4,6-7,9,12,14H,3,5,8,10-11H2/t14-/m0/s1. The van der Waals surface area contributed by atoms with Gasteiger partial charge in [0, 0.05) is 6.54 Å². The Morgan fingerprint density at radius 3 is 3.00 bits per heavy atom. The van der Waals surface area contributed by atoms with Crippen LogP contribution in [-0.2, 0) is 9.59 Å². The predicted octanol–water partition coefficient (Wildman–Crippen LogP) is 2.84. The van der Waals surface area contributed by atoms with Crippen molar-refractivity contribution in [2.24, 2.45) is 0 Å². The maximum absolute atomic E-state index is 12.9. The van der Waals surface area contributed by atoms with Crippen LogP contribution in [0.25, 0.3) is 0 Å². The monoisotopic (exact) mass is 342 g/mol. The molecule has 1 atom stereocenters. The van der Waals surface area contributed by atoms with Crippen molar-refractivity contribution in [2.75, 3.05) is 24.6 Å². The first-order valence-corrected chi connectivity index (χ1v) is 9.02. The van der Waals surface area contributed by atoms with Gasteiger partial charge in [-0.15, -0.1) is 0 Å². The fourth-order valence-corrected chi connectivity index (χ4v) is 4.14. The number of hydrogen-bond acceptors (Lipinski definition) is 4. The minimum atomic E-state index is -0.173. The normalized spacial score (nSPS) is 20.0. The van der Waals surface area contributed by atoms with Gasteiger partial charge in [0.1, 0.15) is 12.3 Å². The van der Waals surface area contributed by atoms with Crippen LogP contribution in [0.5, 0.6) is 5.75 Å². The third-order valence-corrected chi connectivity index (χ3v) is 5.30. The van der Waals surface area contributed by atoms with Crippen molar-refractivity contribution in [3.8, 4) is 5.75 Å². The summed E-state index contributed by atoms with van der Waals surface area (Å²) in [7, 11) is 0. The number of nitrogens with zero attached hydrogens (tertiary/aromatic N) is 2. The number of ether oxygens (including phenoxy) is 1. The third-order valence-electron chi connectivity index (χ3n) is 4.60. The molecule has 1 aromatic heterocycles. The zero-order valence-corrected chi connectivity index (χ0v) is 14.0. The summed E-state index contributed by atoms with van der Waals surface area (Å²) in [5, 5.41) is 4.14. The van der Waals surface area contributed by atoms with Crippen molar-refractivity contribution >= 4 is 28.8 Å². The number of para-hydroxylation sites is 2. The van der Waals surface area contributed by atoms with Crippen molar-refractivity contribution < 1.29 is 14.3 Å². The van der Waals surface area contributed by atoms with Crippen LogP contribution in [0.1, 0.15) is 24.4 Å². The minimum Gasteiger partial charge on any atom is -0.482 e. The number of hydrogen-bond donors (Lipinski definition) is 0. The van der Waals surface area contributed by atoms with E-state index in [1.165, 1.54) is 5.56 Å². The molecule has 124 valence electrons. The number of fused-ring (bicyclic) bond motifs is 1. The van der Waals surface area contributed by atoms with E-state index in [0.29, 0.717) is 11.4 Å². The molecule has 0 aliphatic carbocycles. The van der Waals surface area contributed by atoms with Crippen molar-refractivity contribution in [1.29, 1.82) is 0 Å². The van der Waals surface area contributed by atoms with E-state index in [1.54, 1.807) is 16.2 Å². The Kier molecular flexibility index (Phi) is 3.98. The highest BCUT2D eigenvalue weighted by Gasteiger charge is 2.33. The molecule has 2 aliphatic heterocycles. The molecule has 0 bridgehead atoms. The van der Waals surface area contributed by atoms with Crippen LogP contribution in [0.3, 0.4) is 0 Å². The molecule has 4 rings (SSSR count). The lowest BCUT2D eigenvalue weighted by molar-refractivity contribution is -0.132. The summed E-state index contributed by atoms with van der Waals surface area (Å²) in [6.45, 7) is 0.803. The number of carbonyl (C=O) groups excluding carboxylic acids is 2. The first-order valence-electron chi connectivity index (χ1n) is 8.08. The Bertz CT molecular complexity index is 759. The molecule has 2 aromatic rings. The molecule has 0 unspecified atom stereocenters. The van der Waals surface area contributed by atoms with Gasteiger partial charge in [-0.05, 0) is 47.4 Å². The van der Waals surface area contributed by atoms with E-state index in [2.05, 4.69) is 11.4 Å². The lowest BCUT2D eigenvalue weighted by atomic mass is 10.1. The van der Waals surface area contributed by atoms with Crippen LogP contribution in [0.4, 0.5) is 5.69 Å². The van der Waals surface area contributed by atoms with Crippen LogP contribution in [0.2, 0.25) is 0 Å². The van der Waals surface area contributed by atoms with E-state index >= 15 is 0 Å². The Balaban J connectivity index is 1.55. The van der Waals surface area contributed by atoms with Crippen LogP contribution >= 0.6 is 11.3 Å². The minimum absolute atomic E-state index is 0.00578. The van der Waals surface area contributed by atoms with Gasteiger partial charge in [0.2, 0.25) is 5.91 Å². The molecular formula is C18H18N2O3S. The predicted molar refractivity (Wildman–Crippen MR) is 92.3 cm³/mol. The number of rotatable bonds is 3. The first kappa shape index (κ1) is 15.2. The van der Waals surface area contributed by atoms with Crippen LogP contribution < -0.4 is 9.64 Å². The van der Waals surface area contributed by atoms with Gasteiger partial charge in [-0.3, -0.25) is 14.5 Å². The molecule has 0 N–H and O–H groups in total. The van der Waals surface area contributed by atoms with E-state index in [9.17, 15) is 9.59 Å². The molecule has 1 saturated heterocycles. The topological polar surface area (TPSA) is 49.9 Å². The van der Waals surface area contributed by atoms with Crippen LogP contribution in [0.15, 0.2) is 41.1 Å². The van der Waals surface area contributed by atoms with Gasteiger partial charge in [0.05, 0.1) is 11.7 Å². The lowest BCUT2D eigenvalue weighted by Gasteiger charge is -2.31. The fourth-order valence-electron chi connectivity index (χ4n) is 3.43. The molecule has 5 nitrogen and oxygen atoms in total. The molecule has 24 heavy (non-hydrogen) atoms. The smallest absolute Gasteiger partial charge is 0.265 e. The molecule has 1 fully saturated rings. The highest BCUT2D eigenvalue weighted by molar-refractivity contribution is 7.08. The molecular weight excluding hydrogens is 324 g/mol. The highest BCUT2D eigenvalue weighted by Crippen LogP contribution is 2.35. The van der Waals surface area contributed by atoms with Crippen molar-refractivity contribution in [1.82, 2.24) is 4.90 Å². The van der Waals surface area contributed by atoms with Crippen molar-refractivity contribution in [2.45, 2.75) is 18.9 Å². The summed E-state index contributed by atoms with van der Waals surface area (Å²) in [5.41, 5.74) is 1.87. The molecule has 2 aliphatic rings.